The maximum Gasteiger partial charge on any atom is 0.358 e. The summed E-state index contributed by atoms with van der Waals surface area (Å²) in [6.07, 6.45) is 0.739. The first-order valence-corrected chi connectivity index (χ1v) is 9.35. The third-order valence-corrected chi connectivity index (χ3v) is 5.16. The summed E-state index contributed by atoms with van der Waals surface area (Å²) in [7, 11) is 1.36. The van der Waals surface area contributed by atoms with Crippen molar-refractivity contribution in [2.24, 2.45) is 0 Å². The van der Waals surface area contributed by atoms with Crippen LogP contribution in [-0.4, -0.2) is 34.3 Å². The number of hydrogen-bond acceptors (Lipinski definition) is 4. The minimum Gasteiger partial charge on any atom is -0.464 e. The van der Waals surface area contributed by atoms with Crippen LogP contribution in [0, 0.1) is 5.82 Å². The van der Waals surface area contributed by atoms with Crippen molar-refractivity contribution in [1.82, 2.24) is 14.7 Å². The molecule has 144 valence electrons. The van der Waals surface area contributed by atoms with E-state index < -0.39 is 5.97 Å². The fourth-order valence-electron chi connectivity index (χ4n) is 3.51. The van der Waals surface area contributed by atoms with Gasteiger partial charge in [0.05, 0.1) is 18.5 Å². The van der Waals surface area contributed by atoms with Crippen LogP contribution in [0.2, 0.25) is 5.02 Å². The van der Waals surface area contributed by atoms with E-state index in [2.05, 4.69) is 10.00 Å². The van der Waals surface area contributed by atoms with Crippen molar-refractivity contribution in [2.45, 2.75) is 19.5 Å². The average Bonchev–Trinajstić information content (AvgIpc) is 3.08. The largest absolute Gasteiger partial charge is 0.464 e. The Kier molecular flexibility index (Phi) is 5.15. The molecule has 28 heavy (non-hydrogen) atoms. The van der Waals surface area contributed by atoms with E-state index in [9.17, 15) is 9.18 Å². The fourth-order valence-corrected chi connectivity index (χ4v) is 3.64. The van der Waals surface area contributed by atoms with Crippen LogP contribution in [0.3, 0.4) is 0 Å². The van der Waals surface area contributed by atoms with Crippen molar-refractivity contribution in [3.63, 3.8) is 0 Å². The van der Waals surface area contributed by atoms with Gasteiger partial charge < -0.3 is 4.74 Å². The van der Waals surface area contributed by atoms with Gasteiger partial charge in [0.1, 0.15) is 5.82 Å². The summed E-state index contributed by atoms with van der Waals surface area (Å²) in [5, 5.41) is 5.18. The van der Waals surface area contributed by atoms with E-state index in [4.69, 9.17) is 16.3 Å². The third kappa shape index (κ3) is 3.66. The average molecular weight is 400 g/mol. The Hall–Kier alpha value is -2.70. The highest BCUT2D eigenvalue weighted by Crippen LogP contribution is 2.27. The van der Waals surface area contributed by atoms with E-state index in [-0.39, 0.29) is 5.82 Å². The fraction of sp³-hybridized carbons (Fsp3) is 0.238. The zero-order chi connectivity index (χ0) is 19.7. The number of carbonyl (C=O) groups excluding carboxylic acids is 1. The predicted molar refractivity (Wildman–Crippen MR) is 104 cm³/mol. The zero-order valence-corrected chi connectivity index (χ0v) is 16.1. The molecule has 0 atom stereocenters. The van der Waals surface area contributed by atoms with Crippen molar-refractivity contribution in [2.75, 3.05) is 13.7 Å². The number of aromatic nitrogens is 2. The smallest absolute Gasteiger partial charge is 0.358 e. The molecule has 0 fully saturated rings. The highest BCUT2D eigenvalue weighted by Gasteiger charge is 2.29. The molecule has 4 rings (SSSR count). The van der Waals surface area contributed by atoms with E-state index in [1.54, 1.807) is 28.9 Å². The molecule has 0 amide bonds. The lowest BCUT2D eigenvalue weighted by Crippen LogP contribution is -2.31. The second kappa shape index (κ2) is 7.73. The second-order valence-corrected chi connectivity index (χ2v) is 7.18. The number of rotatable bonds is 4. The molecule has 0 radical (unpaired) electrons. The summed E-state index contributed by atoms with van der Waals surface area (Å²) < 4.78 is 19.9. The minimum atomic E-state index is -0.451. The van der Waals surface area contributed by atoms with Gasteiger partial charge in [-0.05, 0) is 42.0 Å². The van der Waals surface area contributed by atoms with Crippen LogP contribution in [0.1, 0.15) is 27.3 Å². The number of halogens is 2. The monoisotopic (exact) mass is 399 g/mol. The number of hydrogen-bond donors (Lipinski definition) is 0. The van der Waals surface area contributed by atoms with Gasteiger partial charge in [-0.15, -0.1) is 0 Å². The van der Waals surface area contributed by atoms with Crippen molar-refractivity contribution in [3.8, 4) is 5.69 Å². The number of nitrogens with zero attached hydrogens (tertiary/aromatic N) is 3. The maximum absolute atomic E-state index is 13.1. The van der Waals surface area contributed by atoms with E-state index in [0.29, 0.717) is 23.8 Å². The molecule has 0 saturated carbocycles. The molecule has 0 saturated heterocycles. The van der Waals surface area contributed by atoms with Gasteiger partial charge in [-0.1, -0.05) is 23.7 Å². The van der Waals surface area contributed by atoms with Crippen LogP contribution in [0.4, 0.5) is 4.39 Å². The molecular weight excluding hydrogens is 381 g/mol. The topological polar surface area (TPSA) is 47.4 Å². The molecule has 0 unspecified atom stereocenters. The van der Waals surface area contributed by atoms with Gasteiger partial charge in [0.25, 0.3) is 0 Å². The molecule has 7 heteroatoms. The Labute approximate surface area is 167 Å². The molecule has 1 aliphatic heterocycles. The van der Waals surface area contributed by atoms with Crippen LogP contribution in [0.15, 0.2) is 48.5 Å². The number of carbonyl (C=O) groups is 1. The molecular formula is C21H19ClFN3O2. The normalized spacial score (nSPS) is 14.0. The lowest BCUT2D eigenvalue weighted by Gasteiger charge is -2.27. The van der Waals surface area contributed by atoms with E-state index in [1.165, 1.54) is 19.2 Å². The lowest BCUT2D eigenvalue weighted by molar-refractivity contribution is 0.0590. The first kappa shape index (κ1) is 18.7. The first-order chi connectivity index (χ1) is 13.5. The molecule has 3 aromatic rings. The highest BCUT2D eigenvalue weighted by molar-refractivity contribution is 6.30. The second-order valence-electron chi connectivity index (χ2n) is 6.74. The van der Waals surface area contributed by atoms with Crippen LogP contribution in [-0.2, 0) is 24.2 Å². The number of benzene rings is 2. The SMILES string of the molecule is COC(=O)c1nn(-c2ccc(Cl)cc2)c2c1CN(Cc1ccc(F)cc1)CC2. The molecule has 2 aromatic carbocycles. The van der Waals surface area contributed by atoms with Gasteiger partial charge in [0.15, 0.2) is 5.69 Å². The van der Waals surface area contributed by atoms with Crippen LogP contribution >= 0.6 is 11.6 Å². The number of esters is 1. The van der Waals surface area contributed by atoms with Gasteiger partial charge in [0.2, 0.25) is 0 Å². The molecule has 0 N–H and O–H groups in total. The number of methoxy groups -OCH3 is 1. The summed E-state index contributed by atoms with van der Waals surface area (Å²) in [6, 6.07) is 13.8. The first-order valence-electron chi connectivity index (χ1n) is 8.97. The van der Waals surface area contributed by atoms with E-state index in [0.717, 1.165) is 35.5 Å². The van der Waals surface area contributed by atoms with Crippen LogP contribution in [0.5, 0.6) is 0 Å². The van der Waals surface area contributed by atoms with E-state index in [1.807, 2.05) is 12.1 Å². The van der Waals surface area contributed by atoms with Crippen molar-refractivity contribution < 1.29 is 13.9 Å². The van der Waals surface area contributed by atoms with E-state index >= 15 is 0 Å². The van der Waals surface area contributed by atoms with Gasteiger partial charge in [-0.2, -0.15) is 5.10 Å². The molecule has 2 heterocycles. The standard InChI is InChI=1S/C21H19ClFN3O2/c1-28-21(27)20-18-13-25(12-14-2-6-16(23)7-3-14)11-10-19(18)26(24-20)17-8-4-15(22)5-9-17/h2-9H,10-13H2,1H3. The molecule has 0 bridgehead atoms. The maximum atomic E-state index is 13.1. The van der Waals surface area contributed by atoms with Gasteiger partial charge in [-0.3, -0.25) is 4.90 Å². The highest BCUT2D eigenvalue weighted by atomic mass is 35.5. The Balaban J connectivity index is 1.66. The summed E-state index contributed by atoms with van der Waals surface area (Å²) in [6.45, 7) is 2.06. The van der Waals surface area contributed by atoms with Crippen molar-refractivity contribution in [3.05, 3.63) is 81.9 Å². The quantitative estimate of drug-likeness (QED) is 0.622. The molecule has 5 nitrogen and oxygen atoms in total. The lowest BCUT2D eigenvalue weighted by atomic mass is 10.0. The molecule has 0 aliphatic carbocycles. The molecule has 1 aromatic heterocycles. The van der Waals surface area contributed by atoms with Gasteiger partial charge in [-0.25, -0.2) is 13.9 Å². The summed E-state index contributed by atoms with van der Waals surface area (Å²) in [4.78, 5) is 14.5. The van der Waals surface area contributed by atoms with Crippen LogP contribution < -0.4 is 0 Å². The van der Waals surface area contributed by atoms with Gasteiger partial charge >= 0.3 is 5.97 Å². The summed E-state index contributed by atoms with van der Waals surface area (Å²) in [5.41, 5.74) is 4.07. The summed E-state index contributed by atoms with van der Waals surface area (Å²) >= 11 is 5.99. The van der Waals surface area contributed by atoms with Crippen molar-refractivity contribution in [1.29, 1.82) is 0 Å². The predicted octanol–water partition coefficient (Wildman–Crippen LogP) is 4.01. The van der Waals surface area contributed by atoms with Crippen molar-refractivity contribution >= 4 is 17.6 Å². The minimum absolute atomic E-state index is 0.248. The van der Waals surface area contributed by atoms with Crippen LogP contribution in [0.25, 0.3) is 5.69 Å². The molecule has 1 aliphatic rings. The Morgan fingerprint density at radius 1 is 1.18 bits per heavy atom. The Morgan fingerprint density at radius 3 is 2.57 bits per heavy atom. The molecule has 0 spiro atoms. The third-order valence-electron chi connectivity index (χ3n) is 4.91. The number of fused-ring (bicyclic) bond motifs is 1. The zero-order valence-electron chi connectivity index (χ0n) is 15.4. The van der Waals surface area contributed by atoms with Gasteiger partial charge in [0, 0.05) is 36.6 Å². The summed E-state index contributed by atoms with van der Waals surface area (Å²) in [5.74, 6) is -0.700. The number of ether oxygens (including phenoxy) is 1. The Morgan fingerprint density at radius 2 is 1.89 bits per heavy atom. The Bertz CT molecular complexity index is 1000.